The second kappa shape index (κ2) is 11.9. The number of likely N-dealkylation sites (tertiary alicyclic amines) is 1. The van der Waals surface area contributed by atoms with E-state index in [0.717, 1.165) is 22.4 Å². The van der Waals surface area contributed by atoms with E-state index in [1.807, 2.05) is 65.6 Å². The van der Waals surface area contributed by atoms with E-state index in [2.05, 4.69) is 22.8 Å². The summed E-state index contributed by atoms with van der Waals surface area (Å²) in [5.74, 6) is -0.121. The summed E-state index contributed by atoms with van der Waals surface area (Å²) in [5.41, 5.74) is 4.83. The smallest absolute Gasteiger partial charge is 0.237 e. The van der Waals surface area contributed by atoms with Crippen molar-refractivity contribution in [2.45, 2.75) is 56.1 Å². The summed E-state index contributed by atoms with van der Waals surface area (Å²) in [6.45, 7) is 2.10. The van der Waals surface area contributed by atoms with Gasteiger partial charge in [0.25, 0.3) is 0 Å². The molecule has 3 heterocycles. The molecule has 3 aromatic carbocycles. The third-order valence-corrected chi connectivity index (χ3v) is 10.6. The molecule has 0 aromatic heterocycles. The molecule has 2 amide bonds. The van der Waals surface area contributed by atoms with Crippen molar-refractivity contribution in [3.63, 3.8) is 0 Å². The van der Waals surface area contributed by atoms with Crippen molar-refractivity contribution < 1.29 is 18.0 Å². The molecule has 3 aliphatic heterocycles. The normalized spacial score (nSPS) is 19.9. The van der Waals surface area contributed by atoms with Crippen LogP contribution in [0.1, 0.15) is 41.5 Å². The molecule has 1 fully saturated rings. The van der Waals surface area contributed by atoms with Crippen molar-refractivity contribution in [1.29, 1.82) is 0 Å². The predicted molar refractivity (Wildman–Crippen MR) is 169 cm³/mol. The summed E-state index contributed by atoms with van der Waals surface area (Å²) < 4.78 is 26.6. The highest BCUT2D eigenvalue weighted by molar-refractivity contribution is 7.92. The Kier molecular flexibility index (Phi) is 8.24. The molecule has 43 heavy (non-hydrogen) atoms. The van der Waals surface area contributed by atoms with Gasteiger partial charge < -0.3 is 15.5 Å². The number of halogens is 1. The second-order valence-corrected chi connectivity index (χ2v) is 14.4. The van der Waals surface area contributed by atoms with Gasteiger partial charge in [-0.1, -0.05) is 66.2 Å². The quantitative estimate of drug-likeness (QED) is 0.419. The van der Waals surface area contributed by atoms with Gasteiger partial charge in [0, 0.05) is 49.1 Å². The van der Waals surface area contributed by atoms with Crippen LogP contribution in [0.3, 0.4) is 0 Å². The van der Waals surface area contributed by atoms with Crippen LogP contribution in [0.5, 0.6) is 0 Å². The average molecular weight is 621 g/mol. The zero-order chi connectivity index (χ0) is 30.2. The molecule has 10 heteroatoms. The molecule has 1 saturated heterocycles. The van der Waals surface area contributed by atoms with Crippen molar-refractivity contribution in [1.82, 2.24) is 15.5 Å². The topological polar surface area (TPSA) is 98.8 Å². The van der Waals surface area contributed by atoms with Crippen LogP contribution >= 0.6 is 11.6 Å². The molecule has 8 nitrogen and oxygen atoms in total. The van der Waals surface area contributed by atoms with E-state index in [1.165, 1.54) is 16.1 Å². The molecule has 2 N–H and O–H groups in total. The van der Waals surface area contributed by atoms with Crippen LogP contribution in [-0.4, -0.2) is 63.1 Å². The van der Waals surface area contributed by atoms with E-state index in [-0.39, 0.29) is 35.7 Å². The number of rotatable bonds is 7. The lowest BCUT2D eigenvalue weighted by Crippen LogP contribution is -2.52. The van der Waals surface area contributed by atoms with E-state index in [0.29, 0.717) is 56.9 Å². The highest BCUT2D eigenvalue weighted by Gasteiger charge is 2.47. The lowest BCUT2D eigenvalue weighted by molar-refractivity contribution is -0.133. The van der Waals surface area contributed by atoms with E-state index in [4.69, 9.17) is 11.6 Å². The minimum Gasteiger partial charge on any atom is -0.351 e. The standard InChI is InChI=1S/C33H37ClN4O4S/c1-43(41,42)38-22-33(28-8-4-5-9-30(28)38)14-16-37(17-15-33)31(39)20-27(18-23-10-12-26(34)13-11-23)36-32(40)29-19-24-6-2-3-7-25(24)21-35-29/h2-13,27,29,35H,14-22H2,1H3,(H,36,40)/t27-,29-/m1/s1. The SMILES string of the molecule is CS(=O)(=O)N1CC2(CCN(C(=O)C[C@@H](Cc3ccc(Cl)cc3)NC(=O)[C@H]3Cc4ccccc4CN3)CC2)c2ccccc21. The maximum Gasteiger partial charge on any atom is 0.237 e. The molecule has 0 radical (unpaired) electrons. The Labute approximate surface area is 258 Å². The van der Waals surface area contributed by atoms with Crippen LogP contribution in [0.15, 0.2) is 72.8 Å². The maximum absolute atomic E-state index is 13.7. The van der Waals surface area contributed by atoms with Gasteiger partial charge in [-0.25, -0.2) is 8.42 Å². The number of sulfonamides is 1. The first kappa shape index (κ1) is 29.7. The Morgan fingerprint density at radius 1 is 1.00 bits per heavy atom. The molecule has 1 spiro atoms. The highest BCUT2D eigenvalue weighted by atomic mass is 35.5. The summed E-state index contributed by atoms with van der Waals surface area (Å²) in [4.78, 5) is 29.0. The maximum atomic E-state index is 13.7. The van der Waals surface area contributed by atoms with Gasteiger partial charge in [-0.3, -0.25) is 13.9 Å². The van der Waals surface area contributed by atoms with Crippen LogP contribution in [-0.2, 0) is 44.4 Å². The number of hydrogen-bond donors (Lipinski definition) is 2. The Morgan fingerprint density at radius 3 is 2.40 bits per heavy atom. The first-order valence-electron chi connectivity index (χ1n) is 14.8. The number of anilines is 1. The summed E-state index contributed by atoms with van der Waals surface area (Å²) in [5, 5.41) is 7.16. The number of para-hydroxylation sites is 1. The zero-order valence-corrected chi connectivity index (χ0v) is 25.8. The van der Waals surface area contributed by atoms with Crippen molar-refractivity contribution in [2.24, 2.45) is 0 Å². The first-order chi connectivity index (χ1) is 20.6. The largest absolute Gasteiger partial charge is 0.351 e. The molecule has 2 atom stereocenters. The fourth-order valence-electron chi connectivity index (χ4n) is 6.85. The van der Waals surface area contributed by atoms with Crippen molar-refractivity contribution in [3.8, 4) is 0 Å². The third kappa shape index (κ3) is 6.30. The zero-order valence-electron chi connectivity index (χ0n) is 24.3. The number of amides is 2. The van der Waals surface area contributed by atoms with Gasteiger partial charge in [-0.2, -0.15) is 0 Å². The van der Waals surface area contributed by atoms with Gasteiger partial charge in [0.1, 0.15) is 0 Å². The van der Waals surface area contributed by atoms with Gasteiger partial charge in [-0.05, 0) is 66.1 Å². The van der Waals surface area contributed by atoms with E-state index >= 15 is 0 Å². The number of nitrogens with one attached hydrogen (secondary N) is 2. The van der Waals surface area contributed by atoms with Gasteiger partial charge in [0.2, 0.25) is 21.8 Å². The second-order valence-electron chi connectivity index (χ2n) is 12.1. The van der Waals surface area contributed by atoms with E-state index in [9.17, 15) is 18.0 Å². The Hall–Kier alpha value is -3.40. The van der Waals surface area contributed by atoms with Crippen LogP contribution < -0.4 is 14.9 Å². The van der Waals surface area contributed by atoms with E-state index < -0.39 is 10.0 Å². The molecule has 3 aromatic rings. The van der Waals surface area contributed by atoms with Gasteiger partial charge in [-0.15, -0.1) is 0 Å². The molecule has 0 saturated carbocycles. The summed E-state index contributed by atoms with van der Waals surface area (Å²) in [6, 6.07) is 22.6. The molecule has 226 valence electrons. The van der Waals surface area contributed by atoms with Gasteiger partial charge >= 0.3 is 0 Å². The average Bonchev–Trinajstić information content (AvgIpc) is 3.32. The molecule has 0 unspecified atom stereocenters. The molecule has 3 aliphatic rings. The Balaban J connectivity index is 1.14. The number of carbonyl (C=O) groups is 2. The summed E-state index contributed by atoms with van der Waals surface area (Å²) in [7, 11) is -3.41. The summed E-state index contributed by atoms with van der Waals surface area (Å²) in [6.07, 6.45) is 3.90. The van der Waals surface area contributed by atoms with Crippen LogP contribution in [0.4, 0.5) is 5.69 Å². The van der Waals surface area contributed by atoms with Crippen molar-refractivity contribution in [3.05, 3.63) is 100 Å². The fraction of sp³-hybridized carbons (Fsp3) is 0.394. The molecular weight excluding hydrogens is 584 g/mol. The highest BCUT2D eigenvalue weighted by Crippen LogP contribution is 2.47. The Bertz CT molecular complexity index is 1620. The van der Waals surface area contributed by atoms with Crippen molar-refractivity contribution in [2.75, 3.05) is 30.2 Å². The minimum atomic E-state index is -3.41. The number of piperidine rings is 1. The molecular formula is C33H37ClN4O4S. The molecule has 6 rings (SSSR count). The van der Waals surface area contributed by atoms with Crippen LogP contribution in [0.2, 0.25) is 5.02 Å². The van der Waals surface area contributed by atoms with Crippen LogP contribution in [0, 0.1) is 0 Å². The van der Waals surface area contributed by atoms with E-state index in [1.54, 1.807) is 0 Å². The summed E-state index contributed by atoms with van der Waals surface area (Å²) >= 11 is 6.10. The lowest BCUT2D eigenvalue weighted by Gasteiger charge is -2.40. The monoisotopic (exact) mass is 620 g/mol. The number of nitrogens with zero attached hydrogens (tertiary/aromatic N) is 2. The Morgan fingerprint density at radius 2 is 1.67 bits per heavy atom. The predicted octanol–water partition coefficient (Wildman–Crippen LogP) is 3.81. The number of carbonyl (C=O) groups excluding carboxylic acids is 2. The molecule has 0 bridgehead atoms. The number of benzene rings is 3. The fourth-order valence-corrected chi connectivity index (χ4v) is 7.98. The van der Waals surface area contributed by atoms with Crippen molar-refractivity contribution >= 4 is 39.1 Å². The molecule has 0 aliphatic carbocycles. The third-order valence-electron chi connectivity index (χ3n) is 9.22. The van der Waals surface area contributed by atoms with Crippen LogP contribution in [0.25, 0.3) is 0 Å². The number of fused-ring (bicyclic) bond motifs is 3. The lowest BCUT2D eigenvalue weighted by atomic mass is 9.74. The first-order valence-corrected chi connectivity index (χ1v) is 17.0. The minimum absolute atomic E-state index is 0.0117. The number of hydrogen-bond acceptors (Lipinski definition) is 5. The van der Waals surface area contributed by atoms with Gasteiger partial charge in [0.05, 0.1) is 18.0 Å². The van der Waals surface area contributed by atoms with Gasteiger partial charge in [0.15, 0.2) is 0 Å².